The fourth-order valence-electron chi connectivity index (χ4n) is 3.07. The highest BCUT2D eigenvalue weighted by molar-refractivity contribution is 8.26. The van der Waals surface area contributed by atoms with Crippen molar-refractivity contribution >= 4 is 46.2 Å². The van der Waals surface area contributed by atoms with Crippen LogP contribution in [0.25, 0.3) is 6.08 Å². The molecule has 2 aromatic heterocycles. The molecule has 7 nitrogen and oxygen atoms in total. The van der Waals surface area contributed by atoms with Gasteiger partial charge in [-0.3, -0.25) is 14.5 Å². The molecule has 2 aromatic rings. The number of nitrogens with zero attached hydrogens (tertiary/aromatic N) is 3. The summed E-state index contributed by atoms with van der Waals surface area (Å²) < 4.78 is 7.58. The van der Waals surface area contributed by atoms with Gasteiger partial charge in [0.05, 0.1) is 17.5 Å². The summed E-state index contributed by atoms with van der Waals surface area (Å²) in [5.74, 6) is 0.164. The lowest BCUT2D eigenvalue weighted by atomic mass is 10.0. The largest absolute Gasteiger partial charge is 0.465 e. The second-order valence-electron chi connectivity index (χ2n) is 7.08. The first-order valence-corrected chi connectivity index (χ1v) is 10.9. The third kappa shape index (κ3) is 5.48. The van der Waals surface area contributed by atoms with E-state index in [9.17, 15) is 9.59 Å². The molecule has 1 saturated heterocycles. The third-order valence-corrected chi connectivity index (χ3v) is 5.85. The number of furan rings is 1. The van der Waals surface area contributed by atoms with Gasteiger partial charge >= 0.3 is 0 Å². The van der Waals surface area contributed by atoms with Crippen LogP contribution in [0.1, 0.15) is 26.0 Å². The number of imidazole rings is 1. The number of thioether (sulfide) groups is 1. The molecule has 0 bridgehead atoms. The Balaban J connectivity index is 1.61. The minimum atomic E-state index is -0.648. The molecule has 1 fully saturated rings. The number of allylic oxidation sites excluding steroid dienone is 2. The summed E-state index contributed by atoms with van der Waals surface area (Å²) in [7, 11) is 0. The van der Waals surface area contributed by atoms with E-state index in [0.29, 0.717) is 21.5 Å². The number of nitrogens with one attached hydrogen (secondary N) is 1. The standard InChI is InChI=1S/C21H24N4O3S2/c1-15(2)18(19(26)23-9-5-11-24-12-10-22-14-24)25-20(27)17(30-21(25)29)8-3-6-16-7-4-13-28-16/h3-4,6-8,10,12-15,18H,5,9,11H2,1-2H3,(H,23,26). The van der Waals surface area contributed by atoms with Crippen molar-refractivity contribution < 1.29 is 14.0 Å². The Morgan fingerprint density at radius 3 is 2.93 bits per heavy atom. The maximum Gasteiger partial charge on any atom is 0.266 e. The van der Waals surface area contributed by atoms with E-state index >= 15 is 0 Å². The Bertz CT molecular complexity index is 934. The summed E-state index contributed by atoms with van der Waals surface area (Å²) in [4.78, 5) is 31.7. The molecule has 30 heavy (non-hydrogen) atoms. The van der Waals surface area contributed by atoms with Crippen LogP contribution in [0.5, 0.6) is 0 Å². The zero-order chi connectivity index (χ0) is 21.5. The van der Waals surface area contributed by atoms with Crippen LogP contribution in [-0.4, -0.2) is 43.2 Å². The van der Waals surface area contributed by atoms with Gasteiger partial charge in [0.15, 0.2) is 0 Å². The van der Waals surface area contributed by atoms with Crippen molar-refractivity contribution in [1.29, 1.82) is 0 Å². The minimum Gasteiger partial charge on any atom is -0.465 e. The summed E-state index contributed by atoms with van der Waals surface area (Å²) in [6.07, 6.45) is 12.9. The average molecular weight is 445 g/mol. The molecule has 1 atom stereocenters. The topological polar surface area (TPSA) is 80.4 Å². The normalized spacial score (nSPS) is 16.9. The van der Waals surface area contributed by atoms with Crippen LogP contribution >= 0.6 is 24.0 Å². The second-order valence-corrected chi connectivity index (χ2v) is 8.76. The first kappa shape index (κ1) is 22.0. The number of carbonyl (C=O) groups excluding carboxylic acids is 2. The summed E-state index contributed by atoms with van der Waals surface area (Å²) in [6, 6.07) is 2.97. The van der Waals surface area contributed by atoms with Crippen LogP contribution in [-0.2, 0) is 16.1 Å². The van der Waals surface area contributed by atoms with E-state index in [0.717, 1.165) is 13.0 Å². The van der Waals surface area contributed by atoms with Gasteiger partial charge < -0.3 is 14.3 Å². The molecule has 1 N–H and O–H groups in total. The maximum atomic E-state index is 12.9. The van der Waals surface area contributed by atoms with Crippen LogP contribution in [0.2, 0.25) is 0 Å². The van der Waals surface area contributed by atoms with Gasteiger partial charge in [0.2, 0.25) is 5.91 Å². The molecular formula is C21H24N4O3S2. The molecule has 0 saturated carbocycles. The van der Waals surface area contributed by atoms with Crippen molar-refractivity contribution in [2.75, 3.05) is 6.54 Å². The molecule has 1 aliphatic heterocycles. The van der Waals surface area contributed by atoms with E-state index in [4.69, 9.17) is 16.6 Å². The molecule has 0 spiro atoms. The molecule has 1 aliphatic rings. The molecule has 2 amide bonds. The summed E-state index contributed by atoms with van der Waals surface area (Å²) in [6.45, 7) is 5.10. The Morgan fingerprint density at radius 1 is 1.43 bits per heavy atom. The number of hydrogen-bond acceptors (Lipinski definition) is 6. The van der Waals surface area contributed by atoms with E-state index in [1.807, 2.05) is 30.7 Å². The predicted molar refractivity (Wildman–Crippen MR) is 121 cm³/mol. The first-order valence-electron chi connectivity index (χ1n) is 9.68. The summed E-state index contributed by atoms with van der Waals surface area (Å²) in [5.41, 5.74) is 0. The van der Waals surface area contributed by atoms with Crippen molar-refractivity contribution in [1.82, 2.24) is 19.8 Å². The van der Waals surface area contributed by atoms with Gasteiger partial charge in [-0.25, -0.2) is 4.98 Å². The molecule has 0 radical (unpaired) electrons. The summed E-state index contributed by atoms with van der Waals surface area (Å²) in [5, 5.41) is 2.94. The van der Waals surface area contributed by atoms with Crippen LogP contribution in [0.3, 0.4) is 0 Å². The van der Waals surface area contributed by atoms with E-state index in [-0.39, 0.29) is 17.7 Å². The fraction of sp³-hybridized carbons (Fsp3) is 0.333. The van der Waals surface area contributed by atoms with E-state index in [1.165, 1.54) is 16.7 Å². The van der Waals surface area contributed by atoms with E-state index in [1.54, 1.807) is 43.1 Å². The number of aryl methyl sites for hydroxylation is 1. The van der Waals surface area contributed by atoms with Gasteiger partial charge in [0, 0.05) is 25.5 Å². The number of carbonyl (C=O) groups is 2. The van der Waals surface area contributed by atoms with Gasteiger partial charge in [-0.2, -0.15) is 0 Å². The smallest absolute Gasteiger partial charge is 0.266 e. The van der Waals surface area contributed by atoms with Crippen molar-refractivity contribution in [3.8, 4) is 0 Å². The number of rotatable bonds is 9. The number of thiocarbonyl (C=S) groups is 1. The van der Waals surface area contributed by atoms with Gasteiger partial charge in [-0.15, -0.1) is 0 Å². The SMILES string of the molecule is CC(C)C(C(=O)NCCCn1ccnc1)N1C(=O)C(=CC=Cc2ccco2)SC1=S. The molecule has 9 heteroatoms. The average Bonchev–Trinajstić information content (AvgIpc) is 3.45. The Morgan fingerprint density at radius 2 is 2.27 bits per heavy atom. The van der Waals surface area contributed by atoms with Gasteiger partial charge in [-0.05, 0) is 36.6 Å². The predicted octanol–water partition coefficient (Wildman–Crippen LogP) is 3.46. The van der Waals surface area contributed by atoms with Crippen molar-refractivity contribution in [3.63, 3.8) is 0 Å². The highest BCUT2D eigenvalue weighted by Gasteiger charge is 2.41. The van der Waals surface area contributed by atoms with Gasteiger partial charge in [0.25, 0.3) is 5.91 Å². The fourth-order valence-corrected chi connectivity index (χ4v) is 4.35. The molecule has 0 aliphatic carbocycles. The summed E-state index contributed by atoms with van der Waals surface area (Å²) >= 11 is 6.63. The van der Waals surface area contributed by atoms with Gasteiger partial charge in [0.1, 0.15) is 16.1 Å². The Labute approximate surface area is 185 Å². The van der Waals surface area contributed by atoms with Crippen molar-refractivity contribution in [2.45, 2.75) is 32.9 Å². The zero-order valence-corrected chi connectivity index (χ0v) is 18.5. The number of hydrogen-bond donors (Lipinski definition) is 1. The molecular weight excluding hydrogens is 420 g/mol. The molecule has 3 heterocycles. The van der Waals surface area contributed by atoms with E-state index in [2.05, 4.69) is 10.3 Å². The van der Waals surface area contributed by atoms with Crippen LogP contribution < -0.4 is 5.32 Å². The lowest BCUT2D eigenvalue weighted by Gasteiger charge is -2.29. The van der Waals surface area contributed by atoms with Crippen LogP contribution in [0.4, 0.5) is 0 Å². The minimum absolute atomic E-state index is 0.0841. The first-order chi connectivity index (χ1) is 14.5. The Kier molecular flexibility index (Phi) is 7.64. The van der Waals surface area contributed by atoms with E-state index < -0.39 is 6.04 Å². The molecule has 3 rings (SSSR count). The lowest BCUT2D eigenvalue weighted by Crippen LogP contribution is -2.51. The van der Waals surface area contributed by atoms with Crippen molar-refractivity contribution in [3.05, 3.63) is 59.9 Å². The highest BCUT2D eigenvalue weighted by atomic mass is 32.2. The van der Waals surface area contributed by atoms with Crippen LogP contribution in [0, 0.1) is 5.92 Å². The lowest BCUT2D eigenvalue weighted by molar-refractivity contribution is -0.134. The number of aromatic nitrogens is 2. The van der Waals surface area contributed by atoms with Crippen LogP contribution in [0.15, 0.2) is 58.6 Å². The maximum absolute atomic E-state index is 12.9. The molecule has 158 valence electrons. The third-order valence-electron chi connectivity index (χ3n) is 4.50. The molecule has 1 unspecified atom stereocenters. The second kappa shape index (κ2) is 10.4. The Hall–Kier alpha value is -2.65. The highest BCUT2D eigenvalue weighted by Crippen LogP contribution is 2.34. The van der Waals surface area contributed by atoms with Gasteiger partial charge in [-0.1, -0.05) is 43.9 Å². The quantitative estimate of drug-likeness (QED) is 0.362. The number of amides is 2. The monoisotopic (exact) mass is 444 g/mol. The van der Waals surface area contributed by atoms with Crippen molar-refractivity contribution in [2.24, 2.45) is 5.92 Å². The molecule has 0 aromatic carbocycles. The zero-order valence-electron chi connectivity index (χ0n) is 16.9.